The number of carbonyl (C=O) groups is 2. The van der Waals surface area contributed by atoms with Gasteiger partial charge in [0.15, 0.2) is 11.5 Å². The molecule has 1 N–H and O–H groups in total. The maximum absolute atomic E-state index is 13.5. The lowest BCUT2D eigenvalue weighted by atomic mass is 10.2. The van der Waals surface area contributed by atoms with E-state index in [2.05, 4.69) is 10.3 Å². The van der Waals surface area contributed by atoms with E-state index < -0.39 is 23.5 Å². The number of aromatic nitrogens is 1. The number of hydrogen-bond acceptors (Lipinski definition) is 5. The zero-order valence-electron chi connectivity index (χ0n) is 11.8. The van der Waals surface area contributed by atoms with Gasteiger partial charge < -0.3 is 9.47 Å². The van der Waals surface area contributed by atoms with Crippen LogP contribution in [-0.2, 0) is 9.47 Å². The molecule has 0 atom stereocenters. The number of amides is 1. The highest BCUT2D eigenvalue weighted by Crippen LogP contribution is 2.16. The van der Waals surface area contributed by atoms with Gasteiger partial charge in [-0.1, -0.05) is 0 Å². The van der Waals surface area contributed by atoms with Crippen molar-refractivity contribution in [1.29, 1.82) is 0 Å². The van der Waals surface area contributed by atoms with E-state index in [1.165, 1.54) is 0 Å². The number of nitrogens with one attached hydrogen (secondary N) is 1. The number of rotatable bonds is 3. The van der Waals surface area contributed by atoms with Gasteiger partial charge >= 0.3 is 12.1 Å². The molecule has 6 nitrogen and oxygen atoms in total. The van der Waals surface area contributed by atoms with Crippen molar-refractivity contribution < 1.29 is 23.5 Å². The first-order valence-electron chi connectivity index (χ1n) is 6.05. The second-order valence-electron chi connectivity index (χ2n) is 4.90. The molecule has 1 aromatic rings. The smallest absolute Gasteiger partial charge is 0.412 e. The van der Waals surface area contributed by atoms with E-state index in [1.807, 2.05) is 0 Å². The molecule has 0 aliphatic carbocycles. The number of halogens is 1. The van der Waals surface area contributed by atoms with Crippen LogP contribution in [-0.4, -0.2) is 29.3 Å². The summed E-state index contributed by atoms with van der Waals surface area (Å²) in [5.41, 5.74) is -1.01. The fraction of sp³-hybridized carbons (Fsp3) is 0.462. The Bertz CT molecular complexity index is 512. The Morgan fingerprint density at radius 1 is 1.40 bits per heavy atom. The van der Waals surface area contributed by atoms with Crippen molar-refractivity contribution in [1.82, 2.24) is 4.98 Å². The number of hydrogen-bond donors (Lipinski definition) is 1. The first kappa shape index (κ1) is 15.9. The van der Waals surface area contributed by atoms with Crippen molar-refractivity contribution in [2.45, 2.75) is 33.3 Å². The van der Waals surface area contributed by atoms with E-state index >= 15 is 0 Å². The monoisotopic (exact) mass is 284 g/mol. The molecule has 0 unspecified atom stereocenters. The van der Waals surface area contributed by atoms with Crippen LogP contribution in [0.4, 0.5) is 14.9 Å². The van der Waals surface area contributed by atoms with Crippen LogP contribution in [0, 0.1) is 5.82 Å². The molecular formula is C13H17FN2O4. The number of anilines is 1. The largest absolute Gasteiger partial charge is 0.461 e. The first-order chi connectivity index (χ1) is 9.23. The van der Waals surface area contributed by atoms with Crippen LogP contribution in [0.3, 0.4) is 0 Å². The van der Waals surface area contributed by atoms with E-state index in [9.17, 15) is 14.0 Å². The topological polar surface area (TPSA) is 77.5 Å². The fourth-order valence-corrected chi connectivity index (χ4v) is 1.26. The maximum Gasteiger partial charge on any atom is 0.412 e. The molecular weight excluding hydrogens is 267 g/mol. The molecule has 0 radical (unpaired) electrons. The summed E-state index contributed by atoms with van der Waals surface area (Å²) in [7, 11) is 0. The lowest BCUT2D eigenvalue weighted by molar-refractivity contribution is 0.0517. The van der Waals surface area contributed by atoms with Crippen molar-refractivity contribution in [3.8, 4) is 0 Å². The quantitative estimate of drug-likeness (QED) is 0.863. The van der Waals surface area contributed by atoms with Gasteiger partial charge in [0.05, 0.1) is 18.5 Å². The van der Waals surface area contributed by atoms with Crippen molar-refractivity contribution in [2.24, 2.45) is 0 Å². The van der Waals surface area contributed by atoms with Gasteiger partial charge in [-0.05, 0) is 33.8 Å². The van der Waals surface area contributed by atoms with Crippen LogP contribution in [0.15, 0.2) is 12.3 Å². The molecule has 0 aromatic carbocycles. The molecule has 1 aromatic heterocycles. The molecule has 0 spiro atoms. The molecule has 1 heterocycles. The Hall–Kier alpha value is -2.18. The van der Waals surface area contributed by atoms with E-state index in [-0.39, 0.29) is 18.0 Å². The fourth-order valence-electron chi connectivity index (χ4n) is 1.26. The lowest BCUT2D eigenvalue weighted by Gasteiger charge is -2.19. The summed E-state index contributed by atoms with van der Waals surface area (Å²) >= 11 is 0. The minimum atomic E-state index is -0.822. The van der Waals surface area contributed by atoms with Gasteiger partial charge in [0.1, 0.15) is 5.60 Å². The summed E-state index contributed by atoms with van der Waals surface area (Å²) in [6.45, 7) is 6.85. The van der Waals surface area contributed by atoms with Gasteiger partial charge in [-0.2, -0.15) is 0 Å². The summed E-state index contributed by atoms with van der Waals surface area (Å²) in [6.07, 6.45) is 0.0105. The third kappa shape index (κ3) is 4.83. The predicted octanol–water partition coefficient (Wildman–Crippen LogP) is 2.74. The van der Waals surface area contributed by atoms with E-state index in [0.717, 1.165) is 12.3 Å². The SMILES string of the molecule is CCOC(=O)c1cc(NC(=O)OC(C)(C)C)c(F)cn1. The number of pyridine rings is 1. The molecule has 0 saturated carbocycles. The molecule has 7 heteroatoms. The molecule has 0 aliphatic rings. The molecule has 110 valence electrons. The highest BCUT2D eigenvalue weighted by Gasteiger charge is 2.19. The highest BCUT2D eigenvalue weighted by molar-refractivity contribution is 5.91. The Balaban J connectivity index is 2.87. The minimum absolute atomic E-state index is 0.0979. The van der Waals surface area contributed by atoms with Gasteiger partial charge in [-0.3, -0.25) is 5.32 Å². The maximum atomic E-state index is 13.5. The summed E-state index contributed by atoms with van der Waals surface area (Å²) in [4.78, 5) is 26.6. The number of ether oxygens (including phenoxy) is 2. The summed E-state index contributed by atoms with van der Waals surface area (Å²) in [6, 6.07) is 1.09. The van der Waals surface area contributed by atoms with Crippen molar-refractivity contribution in [3.05, 3.63) is 23.8 Å². The van der Waals surface area contributed by atoms with Crippen molar-refractivity contribution >= 4 is 17.7 Å². The van der Waals surface area contributed by atoms with Crippen LogP contribution in [0.5, 0.6) is 0 Å². The molecule has 0 bridgehead atoms. The Labute approximate surface area is 116 Å². The second-order valence-corrected chi connectivity index (χ2v) is 4.90. The number of esters is 1. The Morgan fingerprint density at radius 2 is 2.05 bits per heavy atom. The number of carbonyl (C=O) groups excluding carboxylic acids is 2. The van der Waals surface area contributed by atoms with Crippen LogP contribution < -0.4 is 5.32 Å². The normalized spacial score (nSPS) is 10.8. The zero-order chi connectivity index (χ0) is 15.3. The van der Waals surface area contributed by atoms with Gasteiger partial charge in [0.25, 0.3) is 0 Å². The Morgan fingerprint density at radius 3 is 2.60 bits per heavy atom. The third-order valence-corrected chi connectivity index (χ3v) is 1.98. The number of nitrogens with zero attached hydrogens (tertiary/aromatic N) is 1. The molecule has 20 heavy (non-hydrogen) atoms. The first-order valence-corrected chi connectivity index (χ1v) is 6.05. The summed E-state index contributed by atoms with van der Waals surface area (Å²) < 4.78 is 23.3. The third-order valence-electron chi connectivity index (χ3n) is 1.98. The van der Waals surface area contributed by atoms with Crippen LogP contribution in [0.2, 0.25) is 0 Å². The molecule has 0 saturated heterocycles. The van der Waals surface area contributed by atoms with E-state index in [4.69, 9.17) is 9.47 Å². The van der Waals surface area contributed by atoms with E-state index in [1.54, 1.807) is 27.7 Å². The molecule has 1 rings (SSSR count). The average molecular weight is 284 g/mol. The molecule has 1 amide bonds. The van der Waals surface area contributed by atoms with Crippen molar-refractivity contribution in [3.63, 3.8) is 0 Å². The minimum Gasteiger partial charge on any atom is -0.461 e. The molecule has 0 aliphatic heterocycles. The van der Waals surface area contributed by atoms with Crippen LogP contribution >= 0.6 is 0 Å². The van der Waals surface area contributed by atoms with Gasteiger partial charge in [-0.25, -0.2) is 19.0 Å². The van der Waals surface area contributed by atoms with E-state index in [0.29, 0.717) is 0 Å². The lowest BCUT2D eigenvalue weighted by Crippen LogP contribution is -2.27. The standard InChI is InChI=1S/C13H17FN2O4/c1-5-19-11(17)10-6-9(8(14)7-15-10)16-12(18)20-13(2,3)4/h6-7H,5H2,1-4H3,(H,15,16,18). The van der Waals surface area contributed by atoms with Crippen LogP contribution in [0.25, 0.3) is 0 Å². The van der Waals surface area contributed by atoms with Gasteiger partial charge in [0.2, 0.25) is 0 Å². The van der Waals surface area contributed by atoms with Crippen LogP contribution in [0.1, 0.15) is 38.2 Å². The van der Waals surface area contributed by atoms with Crippen molar-refractivity contribution in [2.75, 3.05) is 11.9 Å². The Kier molecular flexibility index (Phi) is 5.01. The summed E-state index contributed by atoms with van der Waals surface area (Å²) in [5.74, 6) is -1.47. The average Bonchev–Trinajstić information content (AvgIpc) is 2.29. The van der Waals surface area contributed by atoms with Gasteiger partial charge in [0, 0.05) is 0 Å². The van der Waals surface area contributed by atoms with Gasteiger partial charge in [-0.15, -0.1) is 0 Å². The molecule has 0 fully saturated rings. The second kappa shape index (κ2) is 6.31. The summed E-state index contributed by atoms with van der Waals surface area (Å²) in [5, 5.41) is 2.22. The predicted molar refractivity (Wildman–Crippen MR) is 70.0 cm³/mol. The highest BCUT2D eigenvalue weighted by atomic mass is 19.1. The zero-order valence-corrected chi connectivity index (χ0v) is 11.8.